The van der Waals surface area contributed by atoms with Gasteiger partial charge in [0.05, 0.1) is 0 Å². The highest BCUT2D eigenvalue weighted by molar-refractivity contribution is 7.86. The molecular formula is C26H24F3NOS. The molecule has 2 nitrogen and oxygen atoms in total. The molecule has 5 rings (SSSR count). The van der Waals surface area contributed by atoms with Gasteiger partial charge in [-0.15, -0.1) is 0 Å². The third-order valence-electron chi connectivity index (χ3n) is 6.57. The summed E-state index contributed by atoms with van der Waals surface area (Å²) in [6, 6.07) is 12.4. The minimum atomic E-state index is -4.78. The molecule has 32 heavy (non-hydrogen) atoms. The van der Waals surface area contributed by atoms with E-state index in [-0.39, 0.29) is 4.90 Å². The predicted octanol–water partition coefficient (Wildman–Crippen LogP) is 6.62. The number of hydrogen-bond donors (Lipinski definition) is 0. The molecule has 0 radical (unpaired) electrons. The zero-order valence-corrected chi connectivity index (χ0v) is 18.4. The lowest BCUT2D eigenvalue weighted by Crippen LogP contribution is -2.31. The van der Waals surface area contributed by atoms with E-state index in [4.69, 9.17) is 0 Å². The Balaban J connectivity index is 1.60. The molecular weight excluding hydrogens is 431 g/mol. The normalized spacial score (nSPS) is 19.3. The summed E-state index contributed by atoms with van der Waals surface area (Å²) in [4.78, 5) is 2.15. The molecule has 3 aliphatic rings. The molecule has 166 valence electrons. The van der Waals surface area contributed by atoms with E-state index in [0.29, 0.717) is 5.92 Å². The first-order valence-corrected chi connectivity index (χ1v) is 12.0. The number of piperidine rings is 1. The quantitative estimate of drug-likeness (QED) is 0.442. The molecule has 1 aliphatic heterocycles. The summed E-state index contributed by atoms with van der Waals surface area (Å²) in [6.07, 6.45) is 8.05. The van der Waals surface area contributed by atoms with Crippen LogP contribution in [-0.4, -0.2) is 27.7 Å². The molecule has 1 saturated heterocycles. The second kappa shape index (κ2) is 8.07. The van der Waals surface area contributed by atoms with Crippen molar-refractivity contribution in [1.29, 1.82) is 0 Å². The summed E-state index contributed by atoms with van der Waals surface area (Å²) < 4.78 is 51.7. The van der Waals surface area contributed by atoms with Gasteiger partial charge in [0, 0.05) is 23.7 Å². The molecule has 1 atom stereocenters. The van der Waals surface area contributed by atoms with Gasteiger partial charge in [0.25, 0.3) is 0 Å². The molecule has 2 aromatic rings. The third kappa shape index (κ3) is 3.96. The van der Waals surface area contributed by atoms with Crippen LogP contribution in [0.15, 0.2) is 65.2 Å². The molecule has 1 heterocycles. The van der Waals surface area contributed by atoms with Gasteiger partial charge in [-0.2, -0.15) is 13.2 Å². The molecule has 2 aliphatic carbocycles. The van der Waals surface area contributed by atoms with Crippen LogP contribution in [0.5, 0.6) is 0 Å². The second-order valence-corrected chi connectivity index (χ2v) is 10.1. The number of halogens is 3. The van der Waals surface area contributed by atoms with Crippen molar-refractivity contribution in [3.05, 3.63) is 82.6 Å². The maximum Gasteiger partial charge on any atom is 0.475 e. The Kier molecular flexibility index (Phi) is 5.36. The number of rotatable bonds is 3. The fourth-order valence-electron chi connectivity index (χ4n) is 4.71. The van der Waals surface area contributed by atoms with E-state index < -0.39 is 16.3 Å². The van der Waals surface area contributed by atoms with E-state index in [0.717, 1.165) is 53.8 Å². The van der Waals surface area contributed by atoms with Gasteiger partial charge in [0.15, 0.2) is 10.8 Å². The van der Waals surface area contributed by atoms with Crippen LogP contribution in [0.1, 0.15) is 47.9 Å². The van der Waals surface area contributed by atoms with Crippen molar-refractivity contribution < 1.29 is 17.4 Å². The zero-order valence-electron chi connectivity index (χ0n) is 17.6. The lowest BCUT2D eigenvalue weighted by molar-refractivity contribution is -0.0384. The van der Waals surface area contributed by atoms with E-state index in [9.17, 15) is 17.4 Å². The summed E-state index contributed by atoms with van der Waals surface area (Å²) in [5.74, 6) is 0.618. The number of alkyl halides is 3. The minimum absolute atomic E-state index is 0.207. The number of nitrogens with zero attached hydrogens (tertiary/aromatic N) is 1. The van der Waals surface area contributed by atoms with Crippen LogP contribution in [0.3, 0.4) is 0 Å². The van der Waals surface area contributed by atoms with Crippen molar-refractivity contribution in [1.82, 2.24) is 4.90 Å². The van der Waals surface area contributed by atoms with Gasteiger partial charge < -0.3 is 4.90 Å². The molecule has 2 aromatic carbocycles. The number of likely N-dealkylation sites (tertiary alicyclic amines) is 1. The standard InChI is InChI=1S/C26H24F3NOS/c1-17(18-6-7-18)30-14-12-21(13-15-30)25-23-5-3-2-4-19(23)8-9-20-10-11-22(16-24(20)25)32(31)26(27,28)29/h2-5,8-11,16,18H,1,6-7,12-15H2. The van der Waals surface area contributed by atoms with E-state index in [1.54, 1.807) is 6.07 Å². The molecule has 0 bridgehead atoms. The molecule has 2 fully saturated rings. The highest BCUT2D eigenvalue weighted by Gasteiger charge is 2.38. The van der Waals surface area contributed by atoms with E-state index in [1.165, 1.54) is 36.2 Å². The second-order valence-electron chi connectivity index (χ2n) is 8.62. The van der Waals surface area contributed by atoms with Crippen LogP contribution in [-0.2, 0) is 10.8 Å². The van der Waals surface area contributed by atoms with E-state index >= 15 is 0 Å². The maximum atomic E-state index is 13.2. The Labute approximate surface area is 188 Å². The number of fused-ring (bicyclic) bond motifs is 2. The monoisotopic (exact) mass is 455 g/mol. The first kappa shape index (κ1) is 21.3. The zero-order chi connectivity index (χ0) is 22.5. The molecule has 1 saturated carbocycles. The predicted molar refractivity (Wildman–Crippen MR) is 123 cm³/mol. The van der Waals surface area contributed by atoms with Gasteiger partial charge in [0.1, 0.15) is 0 Å². The van der Waals surface area contributed by atoms with E-state index in [1.807, 2.05) is 36.4 Å². The molecule has 6 heteroatoms. The minimum Gasteiger partial charge on any atom is -0.374 e. The van der Waals surface area contributed by atoms with Crippen molar-refractivity contribution in [2.75, 3.05) is 13.1 Å². The smallest absolute Gasteiger partial charge is 0.374 e. The SMILES string of the molecule is C=C(C1CC1)N1CCC(=C2c3ccccc3C=Cc3ccc(S(=O)C(F)(F)F)cc32)CC1. The van der Waals surface area contributed by atoms with Gasteiger partial charge in [-0.3, -0.25) is 0 Å². The average molecular weight is 456 g/mol. The number of hydrogen-bond acceptors (Lipinski definition) is 2. The highest BCUT2D eigenvalue weighted by Crippen LogP contribution is 2.42. The summed E-state index contributed by atoms with van der Waals surface area (Å²) in [7, 11) is -3.06. The van der Waals surface area contributed by atoms with Crippen LogP contribution in [0, 0.1) is 5.92 Å². The molecule has 0 aromatic heterocycles. The molecule has 1 unspecified atom stereocenters. The van der Waals surface area contributed by atoms with Crippen LogP contribution in [0.2, 0.25) is 0 Å². The third-order valence-corrected chi connectivity index (χ3v) is 7.67. The van der Waals surface area contributed by atoms with Crippen LogP contribution in [0.4, 0.5) is 13.2 Å². The Bertz CT molecular complexity index is 1160. The summed E-state index contributed by atoms with van der Waals surface area (Å²) >= 11 is 0. The summed E-state index contributed by atoms with van der Waals surface area (Å²) in [5.41, 5.74) is 2.28. The van der Waals surface area contributed by atoms with Crippen LogP contribution in [0.25, 0.3) is 17.7 Å². The summed E-state index contributed by atoms with van der Waals surface area (Å²) in [5, 5.41) is 0. The van der Waals surface area contributed by atoms with Gasteiger partial charge in [-0.1, -0.05) is 54.6 Å². The van der Waals surface area contributed by atoms with Crippen molar-refractivity contribution in [2.24, 2.45) is 5.92 Å². The largest absolute Gasteiger partial charge is 0.475 e. The van der Waals surface area contributed by atoms with Crippen LogP contribution < -0.4 is 0 Å². The average Bonchev–Trinajstić information content (AvgIpc) is 3.64. The van der Waals surface area contributed by atoms with Crippen molar-refractivity contribution >= 4 is 28.5 Å². The van der Waals surface area contributed by atoms with Crippen molar-refractivity contribution in [3.8, 4) is 0 Å². The first-order chi connectivity index (χ1) is 15.3. The molecule has 0 N–H and O–H groups in total. The number of allylic oxidation sites excluding steroid dienone is 1. The highest BCUT2D eigenvalue weighted by atomic mass is 32.2. The Morgan fingerprint density at radius 2 is 1.62 bits per heavy atom. The Hall–Kier alpha value is -2.60. The van der Waals surface area contributed by atoms with Crippen molar-refractivity contribution in [2.45, 2.75) is 36.1 Å². The Morgan fingerprint density at radius 1 is 0.969 bits per heavy atom. The maximum absolute atomic E-state index is 13.2. The molecule has 0 amide bonds. The lowest BCUT2D eigenvalue weighted by atomic mass is 9.86. The van der Waals surface area contributed by atoms with Gasteiger partial charge in [-0.25, -0.2) is 4.21 Å². The lowest BCUT2D eigenvalue weighted by Gasteiger charge is -2.33. The Morgan fingerprint density at radius 3 is 2.28 bits per heavy atom. The fourth-order valence-corrected chi connectivity index (χ4v) is 5.39. The van der Waals surface area contributed by atoms with E-state index in [2.05, 4.69) is 11.5 Å². The topological polar surface area (TPSA) is 20.3 Å². The molecule has 0 spiro atoms. The first-order valence-electron chi connectivity index (χ1n) is 10.9. The van der Waals surface area contributed by atoms with Crippen molar-refractivity contribution in [3.63, 3.8) is 0 Å². The van der Waals surface area contributed by atoms with Crippen LogP contribution >= 0.6 is 0 Å². The van der Waals surface area contributed by atoms with Gasteiger partial charge in [0.2, 0.25) is 0 Å². The van der Waals surface area contributed by atoms with Gasteiger partial charge in [-0.05, 0) is 71.6 Å². The fraction of sp³-hybridized carbons (Fsp3) is 0.308. The van der Waals surface area contributed by atoms with Gasteiger partial charge >= 0.3 is 5.51 Å². The summed E-state index contributed by atoms with van der Waals surface area (Å²) in [6.45, 7) is 6.01. The number of benzene rings is 2.